The molecule has 1 fully saturated rings. The molecule has 0 saturated carbocycles. The third-order valence-corrected chi connectivity index (χ3v) is 3.83. The number of hydrogen-bond acceptors (Lipinski definition) is 3. The molecule has 2 rings (SSSR count). The Morgan fingerprint density at radius 1 is 1.41 bits per heavy atom. The number of carbonyl (C=O) groups excluding carboxylic acids is 2. The van der Waals surface area contributed by atoms with E-state index in [2.05, 4.69) is 10.6 Å². The van der Waals surface area contributed by atoms with Gasteiger partial charge in [0.25, 0.3) is 0 Å². The van der Waals surface area contributed by atoms with Crippen LogP contribution in [0.2, 0.25) is 0 Å². The van der Waals surface area contributed by atoms with Gasteiger partial charge in [-0.3, -0.25) is 4.79 Å². The first-order valence-corrected chi connectivity index (χ1v) is 7.55. The summed E-state index contributed by atoms with van der Waals surface area (Å²) in [5.41, 5.74) is 0.817. The second-order valence-corrected chi connectivity index (χ2v) is 5.53. The number of nitrogens with one attached hydrogen (secondary N) is 2. The van der Waals surface area contributed by atoms with Gasteiger partial charge >= 0.3 is 6.03 Å². The molecule has 6 heteroatoms. The van der Waals surface area contributed by atoms with E-state index >= 15 is 0 Å². The summed E-state index contributed by atoms with van der Waals surface area (Å²) in [6.07, 6.45) is 1.19. The lowest BCUT2D eigenvalue weighted by molar-refractivity contribution is -0.117. The maximum absolute atomic E-state index is 12.1. The summed E-state index contributed by atoms with van der Waals surface area (Å²) < 4.78 is 5.11. The lowest BCUT2D eigenvalue weighted by Gasteiger charge is -2.18. The SMILES string of the molecule is CC[C@H](C)NC(=O)N[C@@H]1CC(=O)N(c2ccc(OC)cc2)C1. The van der Waals surface area contributed by atoms with Crippen molar-refractivity contribution >= 4 is 17.6 Å². The minimum atomic E-state index is -0.219. The summed E-state index contributed by atoms with van der Waals surface area (Å²) in [4.78, 5) is 25.6. The number of urea groups is 1. The van der Waals surface area contributed by atoms with Crippen LogP contribution in [0.5, 0.6) is 5.75 Å². The predicted molar refractivity (Wildman–Crippen MR) is 85.2 cm³/mol. The first-order chi connectivity index (χ1) is 10.5. The normalized spacial score (nSPS) is 19.0. The lowest BCUT2D eigenvalue weighted by atomic mass is 10.2. The van der Waals surface area contributed by atoms with E-state index in [1.165, 1.54) is 0 Å². The highest BCUT2D eigenvalue weighted by Gasteiger charge is 2.31. The summed E-state index contributed by atoms with van der Waals surface area (Å²) >= 11 is 0. The Hall–Kier alpha value is -2.24. The van der Waals surface area contributed by atoms with Gasteiger partial charge in [-0.25, -0.2) is 4.79 Å². The van der Waals surface area contributed by atoms with Crippen LogP contribution < -0.4 is 20.3 Å². The number of carbonyl (C=O) groups is 2. The Balaban J connectivity index is 1.94. The Labute approximate surface area is 130 Å². The topological polar surface area (TPSA) is 70.7 Å². The van der Waals surface area contributed by atoms with E-state index in [0.717, 1.165) is 17.9 Å². The van der Waals surface area contributed by atoms with Crippen molar-refractivity contribution in [2.24, 2.45) is 0 Å². The van der Waals surface area contributed by atoms with E-state index in [4.69, 9.17) is 4.74 Å². The minimum absolute atomic E-state index is 0.0130. The summed E-state index contributed by atoms with van der Waals surface area (Å²) in [5, 5.41) is 5.70. The molecule has 0 unspecified atom stereocenters. The fourth-order valence-corrected chi connectivity index (χ4v) is 2.37. The molecule has 2 N–H and O–H groups in total. The summed E-state index contributed by atoms with van der Waals surface area (Å²) in [5.74, 6) is 0.761. The Kier molecular flexibility index (Phi) is 5.25. The lowest BCUT2D eigenvalue weighted by Crippen LogP contribution is -2.46. The molecule has 0 aliphatic carbocycles. The number of methoxy groups -OCH3 is 1. The summed E-state index contributed by atoms with van der Waals surface area (Å²) in [6.45, 7) is 4.44. The molecule has 1 aromatic carbocycles. The van der Waals surface area contributed by atoms with E-state index in [9.17, 15) is 9.59 Å². The van der Waals surface area contributed by atoms with Crippen LogP contribution in [0.1, 0.15) is 26.7 Å². The van der Waals surface area contributed by atoms with Crippen molar-refractivity contribution in [1.29, 1.82) is 0 Å². The van der Waals surface area contributed by atoms with Crippen molar-refractivity contribution in [2.75, 3.05) is 18.6 Å². The van der Waals surface area contributed by atoms with Gasteiger partial charge in [-0.1, -0.05) is 6.92 Å². The predicted octanol–water partition coefficient (Wildman–Crippen LogP) is 1.90. The van der Waals surface area contributed by atoms with Gasteiger partial charge in [-0.15, -0.1) is 0 Å². The van der Waals surface area contributed by atoms with Crippen molar-refractivity contribution in [2.45, 2.75) is 38.8 Å². The molecule has 0 spiro atoms. The van der Waals surface area contributed by atoms with Crippen molar-refractivity contribution in [3.63, 3.8) is 0 Å². The number of anilines is 1. The van der Waals surface area contributed by atoms with Gasteiger partial charge in [-0.2, -0.15) is 0 Å². The Morgan fingerprint density at radius 3 is 2.68 bits per heavy atom. The molecule has 0 bridgehead atoms. The Bertz CT molecular complexity index is 530. The van der Waals surface area contributed by atoms with Crippen LogP contribution in [-0.4, -0.2) is 37.7 Å². The maximum atomic E-state index is 12.1. The molecule has 120 valence electrons. The van der Waals surface area contributed by atoms with Crippen LogP contribution in [-0.2, 0) is 4.79 Å². The molecule has 22 heavy (non-hydrogen) atoms. The Morgan fingerprint density at radius 2 is 2.09 bits per heavy atom. The zero-order valence-electron chi connectivity index (χ0n) is 13.3. The van der Waals surface area contributed by atoms with Gasteiger partial charge < -0.3 is 20.3 Å². The number of rotatable bonds is 5. The van der Waals surface area contributed by atoms with Gasteiger partial charge in [-0.05, 0) is 37.6 Å². The molecule has 0 radical (unpaired) electrons. The van der Waals surface area contributed by atoms with Gasteiger partial charge in [0.2, 0.25) is 5.91 Å². The molecule has 1 aromatic rings. The molecule has 3 amide bonds. The largest absolute Gasteiger partial charge is 0.497 e. The van der Waals surface area contributed by atoms with E-state index in [1.54, 1.807) is 12.0 Å². The molecule has 6 nitrogen and oxygen atoms in total. The molecule has 1 heterocycles. The minimum Gasteiger partial charge on any atom is -0.497 e. The quantitative estimate of drug-likeness (QED) is 0.873. The van der Waals surface area contributed by atoms with Crippen LogP contribution in [0, 0.1) is 0 Å². The van der Waals surface area contributed by atoms with E-state index in [1.807, 2.05) is 38.1 Å². The fourth-order valence-electron chi connectivity index (χ4n) is 2.37. The standard InChI is InChI=1S/C16H23N3O3/c1-4-11(2)17-16(21)18-12-9-15(20)19(10-12)13-5-7-14(22-3)8-6-13/h5-8,11-12H,4,9-10H2,1-3H3,(H2,17,18,21)/t11-,12+/m0/s1. The van der Waals surface area contributed by atoms with Crippen LogP contribution >= 0.6 is 0 Å². The molecule has 0 aromatic heterocycles. The van der Waals surface area contributed by atoms with E-state index in [0.29, 0.717) is 13.0 Å². The molecule has 1 aliphatic heterocycles. The molecular weight excluding hydrogens is 282 g/mol. The van der Waals surface area contributed by atoms with Gasteiger partial charge in [0.1, 0.15) is 5.75 Å². The fraction of sp³-hybridized carbons (Fsp3) is 0.500. The van der Waals surface area contributed by atoms with Gasteiger partial charge in [0.05, 0.1) is 13.2 Å². The molecule has 2 atom stereocenters. The first kappa shape index (κ1) is 16.1. The van der Waals surface area contributed by atoms with Crippen molar-refractivity contribution < 1.29 is 14.3 Å². The second-order valence-electron chi connectivity index (χ2n) is 5.53. The van der Waals surface area contributed by atoms with Gasteiger partial charge in [0, 0.05) is 24.7 Å². The van der Waals surface area contributed by atoms with E-state index in [-0.39, 0.29) is 24.0 Å². The highest BCUT2D eigenvalue weighted by atomic mass is 16.5. The van der Waals surface area contributed by atoms with Crippen LogP contribution in [0.15, 0.2) is 24.3 Å². The third-order valence-electron chi connectivity index (χ3n) is 3.83. The van der Waals surface area contributed by atoms with Crippen molar-refractivity contribution in [1.82, 2.24) is 10.6 Å². The van der Waals surface area contributed by atoms with Crippen molar-refractivity contribution in [3.05, 3.63) is 24.3 Å². The molecular formula is C16H23N3O3. The highest BCUT2D eigenvalue weighted by Crippen LogP contribution is 2.24. The van der Waals surface area contributed by atoms with E-state index < -0.39 is 0 Å². The average Bonchev–Trinajstić information content (AvgIpc) is 2.87. The maximum Gasteiger partial charge on any atom is 0.315 e. The monoisotopic (exact) mass is 305 g/mol. The second kappa shape index (κ2) is 7.15. The number of hydrogen-bond donors (Lipinski definition) is 2. The first-order valence-electron chi connectivity index (χ1n) is 7.55. The number of benzene rings is 1. The smallest absolute Gasteiger partial charge is 0.315 e. The van der Waals surface area contributed by atoms with Crippen LogP contribution in [0.3, 0.4) is 0 Å². The number of nitrogens with zero attached hydrogens (tertiary/aromatic N) is 1. The van der Waals surface area contributed by atoms with Gasteiger partial charge in [0.15, 0.2) is 0 Å². The molecule has 1 aliphatic rings. The average molecular weight is 305 g/mol. The number of ether oxygens (including phenoxy) is 1. The van der Waals surface area contributed by atoms with Crippen LogP contribution in [0.4, 0.5) is 10.5 Å². The zero-order chi connectivity index (χ0) is 16.1. The zero-order valence-corrected chi connectivity index (χ0v) is 13.3. The summed E-state index contributed by atoms with van der Waals surface area (Å²) in [6, 6.07) is 7.06. The molecule has 1 saturated heterocycles. The third kappa shape index (κ3) is 3.90. The van der Waals surface area contributed by atoms with Crippen LogP contribution in [0.25, 0.3) is 0 Å². The van der Waals surface area contributed by atoms with Crippen molar-refractivity contribution in [3.8, 4) is 5.75 Å². The highest BCUT2D eigenvalue weighted by molar-refractivity contribution is 5.96. The summed E-state index contributed by atoms with van der Waals surface area (Å²) in [7, 11) is 1.60. The number of amides is 3.